The molecule has 3 nitrogen and oxygen atoms in total. The van der Waals surface area contributed by atoms with E-state index < -0.39 is 0 Å². The lowest BCUT2D eigenvalue weighted by Gasteiger charge is -2.11. The zero-order valence-electron chi connectivity index (χ0n) is 11.2. The van der Waals surface area contributed by atoms with Crippen LogP contribution in [0.3, 0.4) is 0 Å². The van der Waals surface area contributed by atoms with Gasteiger partial charge in [-0.15, -0.1) is 6.42 Å². The van der Waals surface area contributed by atoms with Crippen molar-refractivity contribution in [3.63, 3.8) is 0 Å². The van der Waals surface area contributed by atoms with E-state index in [2.05, 4.69) is 27.2 Å². The van der Waals surface area contributed by atoms with Gasteiger partial charge in [0.15, 0.2) is 0 Å². The minimum absolute atomic E-state index is 0.294. The van der Waals surface area contributed by atoms with Gasteiger partial charge in [-0.25, -0.2) is 0 Å². The second-order valence-corrected chi connectivity index (χ2v) is 5.04. The third kappa shape index (κ3) is 6.63. The van der Waals surface area contributed by atoms with Crippen LogP contribution in [-0.4, -0.2) is 26.9 Å². The molecular weight excluding hydrogens is 306 g/mol. The first-order chi connectivity index (χ1) is 9.27. The predicted molar refractivity (Wildman–Crippen MR) is 81.3 cm³/mol. The maximum atomic E-state index is 5.52. The number of hydrogen-bond donors (Lipinski definition) is 1. The van der Waals surface area contributed by atoms with Gasteiger partial charge in [0.05, 0.1) is 0 Å². The molecule has 0 aliphatic rings. The van der Waals surface area contributed by atoms with E-state index in [0.717, 1.165) is 48.3 Å². The fraction of sp³-hybridized carbons (Fsp3) is 0.467. The van der Waals surface area contributed by atoms with E-state index in [4.69, 9.17) is 15.9 Å². The summed E-state index contributed by atoms with van der Waals surface area (Å²) in [6.45, 7) is 2.84. The number of benzene rings is 1. The van der Waals surface area contributed by atoms with Crippen LogP contribution in [-0.2, 0) is 11.3 Å². The van der Waals surface area contributed by atoms with Crippen molar-refractivity contribution in [2.45, 2.75) is 19.4 Å². The van der Waals surface area contributed by atoms with Gasteiger partial charge in [0.25, 0.3) is 0 Å². The molecule has 0 fully saturated rings. The van der Waals surface area contributed by atoms with Crippen molar-refractivity contribution in [1.82, 2.24) is 5.32 Å². The number of halogens is 1. The number of nitrogens with one attached hydrogen (secondary N) is 1. The van der Waals surface area contributed by atoms with Crippen molar-refractivity contribution >= 4 is 15.9 Å². The normalized spacial score (nSPS) is 10.2. The Kier molecular flexibility index (Phi) is 8.31. The highest BCUT2D eigenvalue weighted by Crippen LogP contribution is 2.23. The largest absolute Gasteiger partial charge is 0.481 e. The summed E-state index contributed by atoms with van der Waals surface area (Å²) in [7, 11) is 1.73. The zero-order chi connectivity index (χ0) is 13.9. The molecule has 0 aromatic heterocycles. The molecule has 0 saturated heterocycles. The highest BCUT2D eigenvalue weighted by Gasteiger charge is 2.04. The third-order valence-corrected chi connectivity index (χ3v) is 3.09. The van der Waals surface area contributed by atoms with Gasteiger partial charge in [0.2, 0.25) is 0 Å². The Morgan fingerprint density at radius 2 is 2.21 bits per heavy atom. The molecule has 0 spiro atoms. The summed E-state index contributed by atoms with van der Waals surface area (Å²) in [5.41, 5.74) is 1.11. The maximum Gasteiger partial charge on any atom is 0.148 e. The standard InChI is InChI=1S/C15H20BrNO2/c1-3-9-19-15-7-6-14(16)11-13(15)12-17-8-4-5-10-18-2/h1,6-7,11,17H,4-5,8-10,12H2,2H3. The van der Waals surface area contributed by atoms with Gasteiger partial charge >= 0.3 is 0 Å². The van der Waals surface area contributed by atoms with Crippen LogP contribution in [0.15, 0.2) is 22.7 Å². The minimum Gasteiger partial charge on any atom is -0.481 e. The Labute approximate surface area is 123 Å². The number of terminal acetylenes is 1. The van der Waals surface area contributed by atoms with Crippen LogP contribution in [0.1, 0.15) is 18.4 Å². The average molecular weight is 326 g/mol. The summed E-state index contributed by atoms with van der Waals surface area (Å²) < 4.78 is 11.6. The second-order valence-electron chi connectivity index (χ2n) is 4.12. The molecule has 1 aromatic rings. The van der Waals surface area contributed by atoms with Crippen molar-refractivity contribution in [3.8, 4) is 18.1 Å². The first kappa shape index (κ1) is 16.0. The predicted octanol–water partition coefficient (Wildman–Crippen LogP) is 2.98. The minimum atomic E-state index is 0.294. The summed E-state index contributed by atoms with van der Waals surface area (Å²) in [4.78, 5) is 0. The molecule has 19 heavy (non-hydrogen) atoms. The van der Waals surface area contributed by atoms with Crippen molar-refractivity contribution in [3.05, 3.63) is 28.2 Å². The first-order valence-electron chi connectivity index (χ1n) is 6.32. The summed E-state index contributed by atoms with van der Waals surface area (Å²) in [5.74, 6) is 3.32. The fourth-order valence-corrected chi connectivity index (χ4v) is 2.07. The monoisotopic (exact) mass is 325 g/mol. The molecule has 0 radical (unpaired) electrons. The Morgan fingerprint density at radius 3 is 2.95 bits per heavy atom. The SMILES string of the molecule is C#CCOc1ccc(Br)cc1CNCCCCOC. The molecule has 4 heteroatoms. The Bertz CT molecular complexity index is 415. The van der Waals surface area contributed by atoms with Gasteiger partial charge in [-0.2, -0.15) is 0 Å². The van der Waals surface area contributed by atoms with E-state index in [9.17, 15) is 0 Å². The molecule has 0 aliphatic heterocycles. The third-order valence-electron chi connectivity index (χ3n) is 2.60. The number of hydrogen-bond acceptors (Lipinski definition) is 3. The summed E-state index contributed by atoms with van der Waals surface area (Å²) in [5, 5.41) is 3.40. The summed E-state index contributed by atoms with van der Waals surface area (Å²) in [6, 6.07) is 5.94. The number of ether oxygens (including phenoxy) is 2. The summed E-state index contributed by atoms with van der Waals surface area (Å²) >= 11 is 3.47. The van der Waals surface area contributed by atoms with Crippen molar-refractivity contribution < 1.29 is 9.47 Å². The maximum absolute atomic E-state index is 5.52. The van der Waals surface area contributed by atoms with Crippen LogP contribution in [0.25, 0.3) is 0 Å². The van der Waals surface area contributed by atoms with E-state index in [1.54, 1.807) is 7.11 Å². The molecular formula is C15H20BrNO2. The first-order valence-corrected chi connectivity index (χ1v) is 7.11. The molecule has 0 bridgehead atoms. The molecule has 1 aromatic carbocycles. The quantitative estimate of drug-likeness (QED) is 0.559. The van der Waals surface area contributed by atoms with Crippen LogP contribution in [0.2, 0.25) is 0 Å². The molecule has 0 unspecified atom stereocenters. The molecule has 104 valence electrons. The van der Waals surface area contributed by atoms with Crippen molar-refractivity contribution in [1.29, 1.82) is 0 Å². The second kappa shape index (κ2) is 9.85. The van der Waals surface area contributed by atoms with Crippen molar-refractivity contribution in [2.75, 3.05) is 26.9 Å². The lowest BCUT2D eigenvalue weighted by Crippen LogP contribution is -2.16. The zero-order valence-corrected chi connectivity index (χ0v) is 12.8. The molecule has 1 N–H and O–H groups in total. The average Bonchev–Trinajstić information content (AvgIpc) is 2.42. The van der Waals surface area contributed by atoms with Gasteiger partial charge in [0.1, 0.15) is 12.4 Å². The molecule has 0 atom stereocenters. The van der Waals surface area contributed by atoms with E-state index in [0.29, 0.717) is 6.61 Å². The Morgan fingerprint density at radius 1 is 1.37 bits per heavy atom. The van der Waals surface area contributed by atoms with Crippen molar-refractivity contribution in [2.24, 2.45) is 0 Å². The van der Waals surface area contributed by atoms with Gasteiger partial charge in [-0.3, -0.25) is 0 Å². The van der Waals surface area contributed by atoms with Crippen LogP contribution < -0.4 is 10.1 Å². The van der Waals surface area contributed by atoms with Gasteiger partial charge in [-0.05, 0) is 37.6 Å². The highest BCUT2D eigenvalue weighted by molar-refractivity contribution is 9.10. The van der Waals surface area contributed by atoms with Crippen LogP contribution in [0, 0.1) is 12.3 Å². The van der Waals surface area contributed by atoms with Crippen LogP contribution >= 0.6 is 15.9 Å². The fourth-order valence-electron chi connectivity index (χ4n) is 1.67. The highest BCUT2D eigenvalue weighted by atomic mass is 79.9. The van der Waals surface area contributed by atoms with E-state index in [1.807, 2.05) is 18.2 Å². The van der Waals surface area contributed by atoms with Gasteiger partial charge in [-0.1, -0.05) is 21.9 Å². The number of unbranched alkanes of at least 4 members (excludes halogenated alkanes) is 1. The molecule has 0 amide bonds. The summed E-state index contributed by atoms with van der Waals surface area (Å²) in [6.07, 6.45) is 7.38. The lowest BCUT2D eigenvalue weighted by atomic mass is 10.2. The lowest BCUT2D eigenvalue weighted by molar-refractivity contribution is 0.192. The van der Waals surface area contributed by atoms with Crippen LogP contribution in [0.5, 0.6) is 5.75 Å². The van der Waals surface area contributed by atoms with Crippen LogP contribution in [0.4, 0.5) is 0 Å². The topological polar surface area (TPSA) is 30.5 Å². The van der Waals surface area contributed by atoms with E-state index >= 15 is 0 Å². The number of rotatable bonds is 9. The molecule has 0 aliphatic carbocycles. The van der Waals surface area contributed by atoms with E-state index in [-0.39, 0.29) is 0 Å². The Balaban J connectivity index is 2.42. The molecule has 0 saturated carbocycles. The van der Waals surface area contributed by atoms with E-state index in [1.165, 1.54) is 0 Å². The van der Waals surface area contributed by atoms with Gasteiger partial charge in [0, 0.05) is 30.3 Å². The molecule has 1 rings (SSSR count). The Hall–Kier alpha value is -1.02. The number of methoxy groups -OCH3 is 1. The molecule has 0 heterocycles. The smallest absolute Gasteiger partial charge is 0.148 e. The van der Waals surface area contributed by atoms with Gasteiger partial charge < -0.3 is 14.8 Å².